The molecule has 18 heavy (non-hydrogen) atoms. The highest BCUT2D eigenvalue weighted by Crippen LogP contribution is 2.39. The second kappa shape index (κ2) is 5.85. The van der Waals surface area contributed by atoms with Crippen molar-refractivity contribution in [3.05, 3.63) is 35.4 Å². The Morgan fingerprint density at radius 1 is 1.22 bits per heavy atom. The number of rotatable bonds is 7. The topological polar surface area (TPSA) is 46.2 Å². The van der Waals surface area contributed by atoms with Crippen LogP contribution in [0.25, 0.3) is 0 Å². The molecule has 1 fully saturated rings. The molecule has 1 aliphatic carbocycles. The molecule has 0 radical (unpaired) electrons. The van der Waals surface area contributed by atoms with Crippen LogP contribution >= 0.6 is 0 Å². The molecule has 1 aliphatic rings. The Hall–Kier alpha value is -0.870. The molecule has 1 saturated carbocycles. The minimum absolute atomic E-state index is 0.226. The van der Waals surface area contributed by atoms with Crippen molar-refractivity contribution in [2.24, 2.45) is 0 Å². The lowest BCUT2D eigenvalue weighted by Gasteiger charge is -2.06. The predicted octanol–water partition coefficient (Wildman–Crippen LogP) is 2.09. The summed E-state index contributed by atoms with van der Waals surface area (Å²) in [5, 5.41) is 3.18. The molecule has 0 spiro atoms. The normalized spacial score (nSPS) is 15.8. The van der Waals surface area contributed by atoms with Gasteiger partial charge in [-0.3, -0.25) is 0 Å². The van der Waals surface area contributed by atoms with Crippen molar-refractivity contribution in [1.29, 1.82) is 0 Å². The molecular formula is C14H21NO2S. The molecule has 0 unspecified atom stereocenters. The van der Waals surface area contributed by atoms with E-state index in [2.05, 4.69) is 29.6 Å². The second-order valence-electron chi connectivity index (χ2n) is 4.93. The number of nitrogens with one attached hydrogen (secondary N) is 1. The molecule has 0 bridgehead atoms. The maximum atomic E-state index is 11.3. The zero-order valence-electron chi connectivity index (χ0n) is 10.9. The average molecular weight is 267 g/mol. The number of hydrogen-bond donors (Lipinski definition) is 1. The van der Waals surface area contributed by atoms with Gasteiger partial charge in [-0.2, -0.15) is 0 Å². The Bertz CT molecular complexity index is 475. The lowest BCUT2D eigenvalue weighted by molar-refractivity contribution is 0.592. The molecular weight excluding hydrogens is 246 g/mol. The van der Waals surface area contributed by atoms with Crippen LogP contribution in [-0.4, -0.2) is 26.5 Å². The van der Waals surface area contributed by atoms with E-state index in [-0.39, 0.29) is 11.5 Å². The van der Waals surface area contributed by atoms with Crippen LogP contribution in [0.2, 0.25) is 0 Å². The zero-order chi connectivity index (χ0) is 13.0. The van der Waals surface area contributed by atoms with E-state index in [0.29, 0.717) is 6.54 Å². The highest BCUT2D eigenvalue weighted by Gasteiger charge is 2.22. The maximum absolute atomic E-state index is 11.3. The van der Waals surface area contributed by atoms with Crippen molar-refractivity contribution in [2.75, 3.05) is 18.1 Å². The van der Waals surface area contributed by atoms with E-state index >= 15 is 0 Å². The molecule has 0 amide bonds. The first-order valence-corrected chi connectivity index (χ1v) is 8.43. The van der Waals surface area contributed by atoms with E-state index in [1.54, 1.807) is 6.92 Å². The lowest BCUT2D eigenvalue weighted by Crippen LogP contribution is -2.23. The number of sulfone groups is 1. The Morgan fingerprint density at radius 3 is 2.44 bits per heavy atom. The van der Waals surface area contributed by atoms with Gasteiger partial charge in [0.05, 0.1) is 5.75 Å². The van der Waals surface area contributed by atoms with Gasteiger partial charge in [-0.25, -0.2) is 8.42 Å². The molecule has 0 aromatic heterocycles. The fourth-order valence-electron chi connectivity index (χ4n) is 1.93. The standard InChI is InChI=1S/C14H21NO2S/c1-2-18(16,17)10-9-15-11-12-3-5-13(6-4-12)14-7-8-14/h3-6,14-15H,2,7-11H2,1H3. The van der Waals surface area contributed by atoms with Gasteiger partial charge in [0.25, 0.3) is 0 Å². The summed E-state index contributed by atoms with van der Waals surface area (Å²) in [6.45, 7) is 2.96. The molecule has 4 heteroatoms. The van der Waals surface area contributed by atoms with E-state index in [0.717, 1.165) is 12.5 Å². The van der Waals surface area contributed by atoms with Gasteiger partial charge < -0.3 is 5.32 Å². The van der Waals surface area contributed by atoms with Crippen molar-refractivity contribution < 1.29 is 8.42 Å². The van der Waals surface area contributed by atoms with Crippen LogP contribution in [0.4, 0.5) is 0 Å². The highest BCUT2D eigenvalue weighted by molar-refractivity contribution is 7.91. The molecule has 0 saturated heterocycles. The van der Waals surface area contributed by atoms with Crippen molar-refractivity contribution in [1.82, 2.24) is 5.32 Å². The molecule has 0 aliphatic heterocycles. The van der Waals surface area contributed by atoms with Gasteiger partial charge in [0.2, 0.25) is 0 Å². The lowest BCUT2D eigenvalue weighted by atomic mass is 10.1. The van der Waals surface area contributed by atoms with Crippen LogP contribution in [0.15, 0.2) is 24.3 Å². The predicted molar refractivity (Wildman–Crippen MR) is 74.5 cm³/mol. The fourth-order valence-corrected chi connectivity index (χ4v) is 2.67. The molecule has 2 rings (SSSR count). The first kappa shape index (κ1) is 13.6. The minimum Gasteiger partial charge on any atom is -0.312 e. The SMILES string of the molecule is CCS(=O)(=O)CCNCc1ccc(C2CC2)cc1. The first-order valence-electron chi connectivity index (χ1n) is 6.60. The molecule has 3 nitrogen and oxygen atoms in total. The summed E-state index contributed by atoms with van der Waals surface area (Å²) in [6, 6.07) is 8.65. The van der Waals surface area contributed by atoms with Crippen LogP contribution in [0, 0.1) is 0 Å². The van der Waals surface area contributed by atoms with Crippen molar-refractivity contribution in [2.45, 2.75) is 32.2 Å². The molecule has 0 heterocycles. The summed E-state index contributed by atoms with van der Waals surface area (Å²) in [7, 11) is -2.85. The van der Waals surface area contributed by atoms with E-state index in [9.17, 15) is 8.42 Å². The van der Waals surface area contributed by atoms with E-state index in [4.69, 9.17) is 0 Å². The highest BCUT2D eigenvalue weighted by atomic mass is 32.2. The van der Waals surface area contributed by atoms with Crippen molar-refractivity contribution in [3.8, 4) is 0 Å². The van der Waals surface area contributed by atoms with Gasteiger partial charge in [-0.15, -0.1) is 0 Å². The second-order valence-corrected chi connectivity index (χ2v) is 7.40. The van der Waals surface area contributed by atoms with Gasteiger partial charge in [0.1, 0.15) is 0 Å². The van der Waals surface area contributed by atoms with Crippen LogP contribution < -0.4 is 5.32 Å². The molecule has 1 aromatic carbocycles. The third kappa shape index (κ3) is 4.10. The van der Waals surface area contributed by atoms with E-state index < -0.39 is 9.84 Å². The smallest absolute Gasteiger partial charge is 0.151 e. The zero-order valence-corrected chi connectivity index (χ0v) is 11.7. The van der Waals surface area contributed by atoms with E-state index in [1.807, 2.05) is 0 Å². The monoisotopic (exact) mass is 267 g/mol. The Morgan fingerprint density at radius 2 is 1.89 bits per heavy atom. The maximum Gasteiger partial charge on any atom is 0.151 e. The average Bonchev–Trinajstić information content (AvgIpc) is 3.20. The van der Waals surface area contributed by atoms with Gasteiger partial charge in [0, 0.05) is 18.8 Å². The quantitative estimate of drug-likeness (QED) is 0.769. The summed E-state index contributed by atoms with van der Waals surface area (Å²) in [5.41, 5.74) is 2.65. The summed E-state index contributed by atoms with van der Waals surface area (Å²) < 4.78 is 22.6. The van der Waals surface area contributed by atoms with Gasteiger partial charge in [-0.05, 0) is 29.9 Å². The van der Waals surface area contributed by atoms with E-state index in [1.165, 1.54) is 24.0 Å². The molecule has 100 valence electrons. The van der Waals surface area contributed by atoms with Crippen LogP contribution in [-0.2, 0) is 16.4 Å². The Kier molecular flexibility index (Phi) is 4.40. The van der Waals surface area contributed by atoms with Gasteiger partial charge in [-0.1, -0.05) is 31.2 Å². The Labute approximate surface area is 110 Å². The molecule has 1 N–H and O–H groups in total. The first-order chi connectivity index (χ1) is 8.61. The van der Waals surface area contributed by atoms with Crippen molar-refractivity contribution >= 4 is 9.84 Å². The van der Waals surface area contributed by atoms with Gasteiger partial charge in [0.15, 0.2) is 9.84 Å². The van der Waals surface area contributed by atoms with Crippen LogP contribution in [0.5, 0.6) is 0 Å². The number of benzene rings is 1. The third-order valence-electron chi connectivity index (χ3n) is 3.39. The fraction of sp³-hybridized carbons (Fsp3) is 0.571. The van der Waals surface area contributed by atoms with Crippen molar-refractivity contribution in [3.63, 3.8) is 0 Å². The largest absolute Gasteiger partial charge is 0.312 e. The molecule has 1 aromatic rings. The third-order valence-corrected chi connectivity index (χ3v) is 5.09. The van der Waals surface area contributed by atoms with Crippen LogP contribution in [0.3, 0.4) is 0 Å². The minimum atomic E-state index is -2.85. The summed E-state index contributed by atoms with van der Waals surface area (Å²) >= 11 is 0. The summed E-state index contributed by atoms with van der Waals surface area (Å²) in [6.07, 6.45) is 2.65. The van der Waals surface area contributed by atoms with Crippen LogP contribution in [0.1, 0.15) is 36.8 Å². The number of hydrogen-bond acceptors (Lipinski definition) is 3. The summed E-state index contributed by atoms with van der Waals surface area (Å²) in [5.74, 6) is 1.25. The summed E-state index contributed by atoms with van der Waals surface area (Å²) in [4.78, 5) is 0. The molecule has 0 atom stereocenters. The Balaban J connectivity index is 1.73. The van der Waals surface area contributed by atoms with Gasteiger partial charge >= 0.3 is 0 Å².